The molecule has 1 aliphatic rings. The number of piperidine rings is 1. The fourth-order valence-corrected chi connectivity index (χ4v) is 2.59. The van der Waals surface area contributed by atoms with Crippen molar-refractivity contribution in [3.63, 3.8) is 0 Å². The van der Waals surface area contributed by atoms with Crippen LogP contribution in [-0.4, -0.2) is 47.2 Å². The summed E-state index contributed by atoms with van der Waals surface area (Å²) in [4.78, 5) is 14.5. The number of nitrogens with zero attached hydrogens (tertiary/aromatic N) is 2. The van der Waals surface area contributed by atoms with Gasteiger partial charge in [0.25, 0.3) is 5.91 Å². The Bertz CT molecular complexity index is 631. The number of carbonyl (C=O) groups is 1. The van der Waals surface area contributed by atoms with Crippen LogP contribution in [-0.2, 0) is 0 Å². The number of halogens is 1. The van der Waals surface area contributed by atoms with Gasteiger partial charge in [0.15, 0.2) is 5.69 Å². The number of aromatic amines is 1. The Morgan fingerprint density at radius 3 is 2.95 bits per heavy atom. The van der Waals surface area contributed by atoms with E-state index >= 15 is 0 Å². The zero-order valence-corrected chi connectivity index (χ0v) is 11.3. The van der Waals surface area contributed by atoms with Gasteiger partial charge < -0.3 is 10.2 Å². The number of rotatable bonds is 2. The molecular weight excluding hydrogens is 259 g/mol. The van der Waals surface area contributed by atoms with E-state index in [1.54, 1.807) is 12.1 Å². The average Bonchev–Trinajstić information content (AvgIpc) is 2.87. The summed E-state index contributed by atoms with van der Waals surface area (Å²) in [5.41, 5.74) is 0.541. The molecule has 2 N–H and O–H groups in total. The second-order valence-electron chi connectivity index (χ2n) is 5.29. The summed E-state index contributed by atoms with van der Waals surface area (Å²) < 4.78 is 13.6. The molecule has 106 valence electrons. The molecule has 0 saturated carbocycles. The Labute approximate surface area is 116 Å². The summed E-state index contributed by atoms with van der Waals surface area (Å²) in [6, 6.07) is 4.79. The van der Waals surface area contributed by atoms with Crippen molar-refractivity contribution < 1.29 is 9.18 Å². The van der Waals surface area contributed by atoms with Crippen molar-refractivity contribution in [1.82, 2.24) is 20.4 Å². The van der Waals surface area contributed by atoms with E-state index in [1.165, 1.54) is 6.07 Å². The molecule has 0 bridgehead atoms. The first-order valence-electron chi connectivity index (χ1n) is 6.77. The SMILES string of the molecule is CN1CCC(NC(=O)c2n[nH]c3c(F)cccc23)CC1. The van der Waals surface area contributed by atoms with Gasteiger partial charge >= 0.3 is 0 Å². The Morgan fingerprint density at radius 1 is 1.45 bits per heavy atom. The highest BCUT2D eigenvalue weighted by atomic mass is 19.1. The van der Waals surface area contributed by atoms with Crippen molar-refractivity contribution in [3.8, 4) is 0 Å². The second kappa shape index (κ2) is 5.20. The number of hydrogen-bond acceptors (Lipinski definition) is 3. The zero-order valence-electron chi connectivity index (χ0n) is 11.3. The van der Waals surface area contributed by atoms with Crippen LogP contribution in [0.2, 0.25) is 0 Å². The lowest BCUT2D eigenvalue weighted by atomic mass is 10.1. The number of hydrogen-bond donors (Lipinski definition) is 2. The van der Waals surface area contributed by atoms with E-state index in [-0.39, 0.29) is 23.2 Å². The van der Waals surface area contributed by atoms with Crippen molar-refractivity contribution in [3.05, 3.63) is 29.7 Å². The van der Waals surface area contributed by atoms with Crippen LogP contribution in [0.3, 0.4) is 0 Å². The highest BCUT2D eigenvalue weighted by Crippen LogP contribution is 2.19. The van der Waals surface area contributed by atoms with E-state index in [4.69, 9.17) is 0 Å². The van der Waals surface area contributed by atoms with Gasteiger partial charge in [-0.1, -0.05) is 12.1 Å². The predicted octanol–water partition coefficient (Wildman–Crippen LogP) is 1.53. The number of nitrogens with one attached hydrogen (secondary N) is 2. The monoisotopic (exact) mass is 276 g/mol. The summed E-state index contributed by atoms with van der Waals surface area (Å²) in [7, 11) is 2.07. The number of carbonyl (C=O) groups excluding carboxylic acids is 1. The summed E-state index contributed by atoms with van der Waals surface area (Å²) in [5.74, 6) is -0.634. The van der Waals surface area contributed by atoms with E-state index < -0.39 is 5.82 Å². The lowest BCUT2D eigenvalue weighted by Crippen LogP contribution is -2.43. The molecule has 0 radical (unpaired) electrons. The first kappa shape index (κ1) is 13.1. The molecule has 1 aromatic carbocycles. The molecule has 20 heavy (non-hydrogen) atoms. The predicted molar refractivity (Wildman–Crippen MR) is 74.0 cm³/mol. The molecule has 3 rings (SSSR count). The van der Waals surface area contributed by atoms with Crippen LogP contribution in [0.1, 0.15) is 23.3 Å². The molecule has 1 aliphatic heterocycles. The van der Waals surface area contributed by atoms with Gasteiger partial charge in [0, 0.05) is 11.4 Å². The smallest absolute Gasteiger partial charge is 0.272 e. The number of aromatic nitrogens is 2. The van der Waals surface area contributed by atoms with Gasteiger partial charge in [-0.2, -0.15) is 5.10 Å². The number of likely N-dealkylation sites (tertiary alicyclic amines) is 1. The van der Waals surface area contributed by atoms with E-state index in [0.717, 1.165) is 25.9 Å². The molecule has 2 heterocycles. The lowest BCUT2D eigenvalue weighted by molar-refractivity contribution is 0.0913. The summed E-state index contributed by atoms with van der Waals surface area (Å²) in [6.07, 6.45) is 1.86. The van der Waals surface area contributed by atoms with Crippen molar-refractivity contribution in [1.29, 1.82) is 0 Å². The molecule has 1 aromatic heterocycles. The minimum Gasteiger partial charge on any atom is -0.348 e. The maximum absolute atomic E-state index is 13.6. The third-order valence-corrected chi connectivity index (χ3v) is 3.82. The van der Waals surface area contributed by atoms with Gasteiger partial charge in [-0.3, -0.25) is 9.89 Å². The number of fused-ring (bicyclic) bond motifs is 1. The standard InChI is InChI=1S/C14H17FN4O/c1-19-7-5-9(6-8-19)16-14(20)13-10-3-2-4-11(15)12(10)17-18-13/h2-4,9H,5-8H2,1H3,(H,16,20)(H,17,18). The van der Waals surface area contributed by atoms with Crippen LogP contribution in [0.25, 0.3) is 10.9 Å². The highest BCUT2D eigenvalue weighted by molar-refractivity contribution is 6.04. The Kier molecular flexibility index (Phi) is 3.40. The molecule has 6 heteroatoms. The van der Waals surface area contributed by atoms with Crippen molar-refractivity contribution >= 4 is 16.8 Å². The Balaban J connectivity index is 1.77. The molecule has 0 spiro atoms. The lowest BCUT2D eigenvalue weighted by Gasteiger charge is -2.29. The third-order valence-electron chi connectivity index (χ3n) is 3.82. The fourth-order valence-electron chi connectivity index (χ4n) is 2.59. The molecule has 1 saturated heterocycles. The summed E-state index contributed by atoms with van der Waals surface area (Å²) >= 11 is 0. The van der Waals surface area contributed by atoms with E-state index in [9.17, 15) is 9.18 Å². The van der Waals surface area contributed by atoms with Gasteiger partial charge in [0.05, 0.1) is 0 Å². The minimum absolute atomic E-state index is 0.166. The Hall–Kier alpha value is -1.95. The molecule has 0 aliphatic carbocycles. The molecule has 2 aromatic rings. The van der Waals surface area contributed by atoms with Crippen LogP contribution < -0.4 is 5.32 Å². The van der Waals surface area contributed by atoms with Crippen molar-refractivity contribution in [2.24, 2.45) is 0 Å². The number of amides is 1. The van der Waals surface area contributed by atoms with Gasteiger partial charge in [-0.05, 0) is 39.0 Å². The van der Waals surface area contributed by atoms with Gasteiger partial charge in [0.2, 0.25) is 0 Å². The zero-order chi connectivity index (χ0) is 14.1. The average molecular weight is 276 g/mol. The topological polar surface area (TPSA) is 61.0 Å². The molecule has 0 unspecified atom stereocenters. The Morgan fingerprint density at radius 2 is 2.20 bits per heavy atom. The van der Waals surface area contributed by atoms with Crippen LogP contribution >= 0.6 is 0 Å². The quantitative estimate of drug-likeness (QED) is 0.874. The highest BCUT2D eigenvalue weighted by Gasteiger charge is 2.22. The summed E-state index contributed by atoms with van der Waals surface area (Å²) in [5, 5.41) is 10.0. The van der Waals surface area contributed by atoms with E-state index in [0.29, 0.717) is 5.39 Å². The molecule has 5 nitrogen and oxygen atoms in total. The van der Waals surface area contributed by atoms with E-state index in [2.05, 4.69) is 27.5 Å². The number of para-hydroxylation sites is 1. The first-order valence-corrected chi connectivity index (χ1v) is 6.77. The van der Waals surface area contributed by atoms with Gasteiger partial charge in [-0.25, -0.2) is 4.39 Å². The fraction of sp³-hybridized carbons (Fsp3) is 0.429. The summed E-state index contributed by atoms with van der Waals surface area (Å²) in [6.45, 7) is 1.95. The van der Waals surface area contributed by atoms with Crippen molar-refractivity contribution in [2.75, 3.05) is 20.1 Å². The van der Waals surface area contributed by atoms with E-state index in [1.807, 2.05) is 0 Å². The van der Waals surface area contributed by atoms with Crippen LogP contribution in [0.15, 0.2) is 18.2 Å². The maximum atomic E-state index is 13.6. The van der Waals surface area contributed by atoms with Crippen LogP contribution in [0, 0.1) is 5.82 Å². The van der Waals surface area contributed by atoms with Gasteiger partial charge in [0.1, 0.15) is 11.3 Å². The molecule has 1 amide bonds. The molecule has 0 atom stereocenters. The largest absolute Gasteiger partial charge is 0.348 e. The molecule has 1 fully saturated rings. The van der Waals surface area contributed by atoms with Crippen LogP contribution in [0.5, 0.6) is 0 Å². The first-order chi connectivity index (χ1) is 9.65. The second-order valence-corrected chi connectivity index (χ2v) is 5.29. The number of H-pyrrole nitrogens is 1. The number of benzene rings is 1. The minimum atomic E-state index is -0.395. The van der Waals surface area contributed by atoms with Crippen molar-refractivity contribution in [2.45, 2.75) is 18.9 Å². The van der Waals surface area contributed by atoms with Gasteiger partial charge in [-0.15, -0.1) is 0 Å². The van der Waals surface area contributed by atoms with Crippen LogP contribution in [0.4, 0.5) is 4.39 Å². The molecular formula is C14H17FN4O. The third kappa shape index (κ3) is 2.38. The normalized spacial score (nSPS) is 17.5. The maximum Gasteiger partial charge on any atom is 0.272 e.